The van der Waals surface area contributed by atoms with Gasteiger partial charge in [-0.25, -0.2) is 0 Å². The van der Waals surface area contributed by atoms with Gasteiger partial charge in [-0.1, -0.05) is 0 Å². The molecule has 0 saturated carbocycles. The zero-order valence-electron chi connectivity index (χ0n) is 9.02. The summed E-state index contributed by atoms with van der Waals surface area (Å²) in [5.74, 6) is 0.287. The van der Waals surface area contributed by atoms with E-state index in [0.29, 0.717) is 6.29 Å². The molecule has 0 bridgehead atoms. The van der Waals surface area contributed by atoms with Gasteiger partial charge in [0.25, 0.3) is 0 Å². The predicted molar refractivity (Wildman–Crippen MR) is 55.2 cm³/mol. The van der Waals surface area contributed by atoms with E-state index in [1.54, 1.807) is 6.07 Å². The summed E-state index contributed by atoms with van der Waals surface area (Å²) in [6.45, 7) is 5.90. The maximum atomic E-state index is 10.5. The van der Waals surface area contributed by atoms with E-state index in [4.69, 9.17) is 13.7 Å². The van der Waals surface area contributed by atoms with Crippen LogP contribution < -0.4 is 5.46 Å². The van der Waals surface area contributed by atoms with E-state index in [-0.39, 0.29) is 17.5 Å². The summed E-state index contributed by atoms with van der Waals surface area (Å²) in [4.78, 5) is 10.5. The maximum absolute atomic E-state index is 10.5. The highest BCUT2D eigenvalue weighted by atomic mass is 16.7. The topological polar surface area (TPSA) is 48.7 Å². The van der Waals surface area contributed by atoms with E-state index in [9.17, 15) is 4.79 Å². The molecule has 0 aliphatic carbocycles. The third-order valence-electron chi connectivity index (χ3n) is 2.75. The number of carbonyl (C=O) groups is 1. The van der Waals surface area contributed by atoms with Crippen LogP contribution in [0.15, 0.2) is 16.7 Å². The summed E-state index contributed by atoms with van der Waals surface area (Å²) in [5, 5.41) is 0. The summed E-state index contributed by atoms with van der Waals surface area (Å²) >= 11 is 0. The van der Waals surface area contributed by atoms with Gasteiger partial charge in [-0.2, -0.15) is 0 Å². The van der Waals surface area contributed by atoms with Crippen LogP contribution >= 0.6 is 0 Å². The Morgan fingerprint density at radius 3 is 2.73 bits per heavy atom. The van der Waals surface area contributed by atoms with Crippen molar-refractivity contribution in [3.63, 3.8) is 0 Å². The van der Waals surface area contributed by atoms with Crippen LogP contribution in [-0.2, 0) is 9.31 Å². The van der Waals surface area contributed by atoms with Crippen LogP contribution in [0.2, 0.25) is 0 Å². The van der Waals surface area contributed by atoms with E-state index in [1.807, 2.05) is 20.8 Å². The molecule has 0 aromatic carbocycles. The first kappa shape index (κ1) is 10.5. The molecule has 1 unspecified atom stereocenters. The first-order valence-electron chi connectivity index (χ1n) is 4.90. The van der Waals surface area contributed by atoms with Crippen molar-refractivity contribution in [2.75, 3.05) is 0 Å². The minimum absolute atomic E-state index is 0.0112. The van der Waals surface area contributed by atoms with E-state index in [2.05, 4.69) is 0 Å². The number of hydrogen-bond acceptors (Lipinski definition) is 4. The van der Waals surface area contributed by atoms with E-state index in [0.717, 1.165) is 5.46 Å². The fraction of sp³-hybridized carbons (Fsp3) is 0.500. The second-order valence-electron chi connectivity index (χ2n) is 4.23. The van der Waals surface area contributed by atoms with Crippen molar-refractivity contribution in [2.24, 2.45) is 0 Å². The summed E-state index contributed by atoms with van der Waals surface area (Å²) in [5.41, 5.74) is 0.429. The number of aldehydes is 1. The quantitative estimate of drug-likeness (QED) is 0.537. The lowest BCUT2D eigenvalue weighted by molar-refractivity contribution is 0.0842. The van der Waals surface area contributed by atoms with Crippen LogP contribution in [0.1, 0.15) is 31.3 Å². The van der Waals surface area contributed by atoms with Crippen molar-refractivity contribution in [3.8, 4) is 0 Å². The molecule has 1 aromatic heterocycles. The minimum Gasteiger partial charge on any atom is -0.462 e. The Balaban J connectivity index is 2.17. The highest BCUT2D eigenvalue weighted by molar-refractivity contribution is 6.62. The van der Waals surface area contributed by atoms with Crippen molar-refractivity contribution in [1.29, 1.82) is 0 Å². The van der Waals surface area contributed by atoms with Crippen LogP contribution in [0.3, 0.4) is 0 Å². The smallest absolute Gasteiger partial charge is 0.462 e. The molecule has 0 N–H and O–H groups in total. The van der Waals surface area contributed by atoms with Gasteiger partial charge in [0.05, 0.1) is 18.0 Å². The lowest BCUT2D eigenvalue weighted by atomic mass is 9.81. The average Bonchev–Trinajstić information content (AvgIpc) is 2.72. The summed E-state index contributed by atoms with van der Waals surface area (Å²) in [6, 6.07) is 1.63. The third-order valence-corrected chi connectivity index (χ3v) is 2.75. The van der Waals surface area contributed by atoms with Gasteiger partial charge in [0.2, 0.25) is 0 Å². The van der Waals surface area contributed by atoms with E-state index in [1.165, 1.54) is 6.26 Å². The molecular formula is C10H13BO4. The second-order valence-corrected chi connectivity index (χ2v) is 4.23. The van der Waals surface area contributed by atoms with Crippen molar-refractivity contribution < 1.29 is 18.5 Å². The van der Waals surface area contributed by atoms with Crippen LogP contribution in [-0.4, -0.2) is 25.1 Å². The standard InChI is InChI=1S/C10H13BO4/c1-7-10(2,3)15-11(14-7)8-4-9(5-12)13-6-8/h4-7H,1-3H3. The van der Waals surface area contributed by atoms with Gasteiger partial charge in [-0.3, -0.25) is 4.79 Å². The molecule has 15 heavy (non-hydrogen) atoms. The highest BCUT2D eigenvalue weighted by Crippen LogP contribution is 2.26. The Bertz CT molecular complexity index is 371. The highest BCUT2D eigenvalue weighted by Gasteiger charge is 2.44. The number of carbonyl (C=O) groups excluding carboxylic acids is 1. The predicted octanol–water partition coefficient (Wildman–Crippen LogP) is 1.00. The molecule has 80 valence electrons. The van der Waals surface area contributed by atoms with Crippen molar-refractivity contribution in [2.45, 2.75) is 32.5 Å². The van der Waals surface area contributed by atoms with E-state index >= 15 is 0 Å². The van der Waals surface area contributed by atoms with Crippen LogP contribution in [0, 0.1) is 0 Å². The molecule has 5 heteroatoms. The van der Waals surface area contributed by atoms with Gasteiger partial charge >= 0.3 is 7.12 Å². The number of furan rings is 1. The lowest BCUT2D eigenvalue weighted by Gasteiger charge is -2.21. The Morgan fingerprint density at radius 1 is 1.53 bits per heavy atom. The Kier molecular flexibility index (Phi) is 2.44. The molecule has 4 nitrogen and oxygen atoms in total. The number of rotatable bonds is 2. The van der Waals surface area contributed by atoms with Crippen LogP contribution in [0.5, 0.6) is 0 Å². The molecule has 0 spiro atoms. The lowest BCUT2D eigenvalue weighted by Crippen LogP contribution is -2.33. The first-order chi connectivity index (χ1) is 7.03. The van der Waals surface area contributed by atoms with Crippen molar-refractivity contribution in [1.82, 2.24) is 0 Å². The van der Waals surface area contributed by atoms with Gasteiger partial charge in [-0.05, 0) is 26.8 Å². The second kappa shape index (κ2) is 3.50. The molecule has 1 aliphatic heterocycles. The average molecular weight is 208 g/mol. The van der Waals surface area contributed by atoms with Crippen LogP contribution in [0.25, 0.3) is 0 Å². The third kappa shape index (κ3) is 1.85. The molecule has 2 heterocycles. The molecule has 2 rings (SSSR count). The molecule has 1 aliphatic rings. The van der Waals surface area contributed by atoms with Crippen molar-refractivity contribution in [3.05, 3.63) is 18.1 Å². The monoisotopic (exact) mass is 208 g/mol. The Hall–Kier alpha value is -1.07. The molecule has 1 atom stereocenters. The summed E-state index contributed by atoms with van der Waals surface area (Å²) in [6.07, 6.45) is 2.16. The molecule has 1 fully saturated rings. The Morgan fingerprint density at radius 2 is 2.27 bits per heavy atom. The summed E-state index contributed by atoms with van der Waals surface area (Å²) in [7, 11) is -0.438. The number of hydrogen-bond donors (Lipinski definition) is 0. The van der Waals surface area contributed by atoms with Gasteiger partial charge in [0, 0.05) is 5.46 Å². The SMILES string of the molecule is CC1OB(c2coc(C=O)c2)OC1(C)C. The van der Waals surface area contributed by atoms with Gasteiger partial charge < -0.3 is 13.7 Å². The van der Waals surface area contributed by atoms with E-state index < -0.39 is 7.12 Å². The zero-order chi connectivity index (χ0) is 11.1. The largest absolute Gasteiger partial charge is 0.497 e. The van der Waals surface area contributed by atoms with Gasteiger partial charge in [0.1, 0.15) is 0 Å². The van der Waals surface area contributed by atoms with Gasteiger partial charge in [-0.15, -0.1) is 0 Å². The first-order valence-corrected chi connectivity index (χ1v) is 4.90. The molecular weight excluding hydrogens is 195 g/mol. The molecule has 1 aromatic rings. The fourth-order valence-corrected chi connectivity index (χ4v) is 1.45. The molecule has 1 saturated heterocycles. The van der Waals surface area contributed by atoms with Gasteiger partial charge in [0.15, 0.2) is 12.0 Å². The normalized spacial score (nSPS) is 24.5. The van der Waals surface area contributed by atoms with Crippen molar-refractivity contribution >= 4 is 18.9 Å². The Labute approximate surface area is 88.7 Å². The maximum Gasteiger partial charge on any atom is 0.497 e. The zero-order valence-corrected chi connectivity index (χ0v) is 9.02. The minimum atomic E-state index is -0.438. The van der Waals surface area contributed by atoms with Crippen LogP contribution in [0.4, 0.5) is 0 Å². The fourth-order valence-electron chi connectivity index (χ4n) is 1.45. The summed E-state index contributed by atoms with van der Waals surface area (Å²) < 4.78 is 16.3. The molecule has 0 radical (unpaired) electrons. The molecule has 0 amide bonds.